The van der Waals surface area contributed by atoms with Crippen molar-refractivity contribution in [1.82, 2.24) is 10.2 Å². The molecule has 1 aliphatic carbocycles. The lowest BCUT2D eigenvalue weighted by Gasteiger charge is -2.29. The van der Waals surface area contributed by atoms with E-state index in [1.807, 2.05) is 86.7 Å². The van der Waals surface area contributed by atoms with Gasteiger partial charge in [-0.15, -0.1) is 0 Å². The molecular formula is C57H64N5O9S3+. The van der Waals surface area contributed by atoms with Gasteiger partial charge in [0.15, 0.2) is 5.71 Å². The normalized spacial score (nSPS) is 16.6. The van der Waals surface area contributed by atoms with Crippen molar-refractivity contribution >= 4 is 94.0 Å². The van der Waals surface area contributed by atoms with Gasteiger partial charge in [0.1, 0.15) is 6.54 Å². The van der Waals surface area contributed by atoms with Crippen LogP contribution in [0.1, 0.15) is 63.5 Å². The van der Waals surface area contributed by atoms with Gasteiger partial charge in [-0.1, -0.05) is 78.5 Å². The molecule has 1 unspecified atom stereocenters. The Bertz CT molecular complexity index is 3360. The van der Waals surface area contributed by atoms with Gasteiger partial charge in [0, 0.05) is 95.6 Å². The summed E-state index contributed by atoms with van der Waals surface area (Å²) >= 11 is 1.55. The van der Waals surface area contributed by atoms with E-state index >= 15 is 0 Å². The fraction of sp³-hybridized carbons (Fsp3) is 0.298. The van der Waals surface area contributed by atoms with E-state index in [2.05, 4.69) is 77.2 Å². The van der Waals surface area contributed by atoms with Crippen LogP contribution in [0.3, 0.4) is 0 Å². The highest BCUT2D eigenvalue weighted by molar-refractivity contribution is 8.03. The van der Waals surface area contributed by atoms with Gasteiger partial charge in [-0.25, -0.2) is 0 Å². The van der Waals surface area contributed by atoms with Gasteiger partial charge in [-0.2, -0.15) is 21.4 Å². The van der Waals surface area contributed by atoms with Gasteiger partial charge in [0.2, 0.25) is 11.6 Å². The Morgan fingerprint density at radius 1 is 0.797 bits per heavy atom. The molecule has 5 N–H and O–H groups in total. The van der Waals surface area contributed by atoms with Crippen molar-refractivity contribution in [1.29, 1.82) is 0 Å². The van der Waals surface area contributed by atoms with Crippen LogP contribution in [-0.2, 0) is 34.6 Å². The second kappa shape index (κ2) is 24.6. The molecule has 3 amide bonds. The third-order valence-corrected chi connectivity index (χ3v) is 16.3. The van der Waals surface area contributed by atoms with Gasteiger partial charge >= 0.3 is 0 Å². The predicted molar refractivity (Wildman–Crippen MR) is 298 cm³/mol. The summed E-state index contributed by atoms with van der Waals surface area (Å²) in [6.45, 7) is 9.11. The number of carbonyl (C=O) groups is 3. The zero-order valence-corrected chi connectivity index (χ0v) is 44.6. The number of allylic oxidation sites excluding steroid dienone is 7. The van der Waals surface area contributed by atoms with Crippen LogP contribution in [0.4, 0.5) is 17.1 Å². The Labute approximate surface area is 438 Å². The van der Waals surface area contributed by atoms with Gasteiger partial charge in [-0.3, -0.25) is 28.4 Å². The number of benzene rings is 5. The summed E-state index contributed by atoms with van der Waals surface area (Å²) in [7, 11) is -8.30. The molecule has 17 heteroatoms. The second-order valence-electron chi connectivity index (χ2n) is 18.7. The molecule has 74 heavy (non-hydrogen) atoms. The number of hydrogen-bond donors (Lipinski definition) is 4. The first-order chi connectivity index (χ1) is 35.3. The second-order valence-corrected chi connectivity index (χ2v) is 22.9. The minimum atomic E-state index is -4.15. The number of nitrogen functional groups attached to an aromatic ring is 1. The lowest BCUT2D eigenvalue weighted by Crippen LogP contribution is -2.40. The highest BCUT2D eigenvalue weighted by Gasteiger charge is 2.31. The maximum atomic E-state index is 14.3. The minimum absolute atomic E-state index is 0.0191. The molecule has 14 nitrogen and oxygen atoms in total. The number of fused-ring (bicyclic) bond motifs is 2. The third kappa shape index (κ3) is 14.6. The monoisotopic (exact) mass is 1060 g/mol. The molecule has 0 saturated heterocycles. The van der Waals surface area contributed by atoms with E-state index in [0.29, 0.717) is 44.5 Å². The maximum absolute atomic E-state index is 14.3. The lowest BCUT2D eigenvalue weighted by atomic mass is 9.84. The molecule has 2 aliphatic rings. The molecule has 1 aliphatic heterocycles. The maximum Gasteiger partial charge on any atom is 0.264 e. The van der Waals surface area contributed by atoms with E-state index < -0.39 is 38.0 Å². The summed E-state index contributed by atoms with van der Waals surface area (Å²) in [6, 6.07) is 32.1. The van der Waals surface area contributed by atoms with Crippen molar-refractivity contribution in [3.05, 3.63) is 166 Å². The lowest BCUT2D eigenvalue weighted by molar-refractivity contribution is -0.441. The fourth-order valence-electron chi connectivity index (χ4n) is 9.46. The van der Waals surface area contributed by atoms with Crippen LogP contribution in [0.15, 0.2) is 160 Å². The molecule has 1 heterocycles. The number of nitrogens with zero attached hydrogens (tertiary/aromatic N) is 3. The van der Waals surface area contributed by atoms with Crippen LogP contribution in [0.5, 0.6) is 0 Å². The minimum Gasteiger partial charge on any atom is -0.399 e. The zero-order valence-electron chi connectivity index (χ0n) is 42.2. The number of unbranched alkanes of at least 4 members (excludes halogenated alkanes) is 2. The van der Waals surface area contributed by atoms with Gasteiger partial charge in [0.05, 0.1) is 11.5 Å². The Morgan fingerprint density at radius 2 is 1.41 bits per heavy atom. The van der Waals surface area contributed by atoms with E-state index in [9.17, 15) is 40.3 Å². The van der Waals surface area contributed by atoms with Crippen LogP contribution in [0, 0.1) is 19.8 Å². The average Bonchev–Trinajstić information content (AvgIpc) is 3.68. The van der Waals surface area contributed by atoms with E-state index in [4.69, 9.17) is 5.73 Å². The van der Waals surface area contributed by atoms with Crippen molar-refractivity contribution in [2.75, 3.05) is 48.3 Å². The Kier molecular flexibility index (Phi) is 18.3. The quantitative estimate of drug-likeness (QED) is 0.0128. The summed E-state index contributed by atoms with van der Waals surface area (Å²) in [5, 5.41) is 7.32. The SMILES string of the molecule is C/C(=C\C=C1/CC(C(=O)NCCN2C(=O)C=CC2=O)CC(/C=C/C(C)=[N+](\CCCCS(=O)(=O)O)c2ccc3ccccc3c2C)=C1Sc1ccc(N)cc1)N(CCCCS(=O)(=O)O)c1ccc2ccccc2c1C. The molecule has 388 valence electrons. The van der Waals surface area contributed by atoms with Crippen molar-refractivity contribution in [2.45, 2.75) is 71.1 Å². The van der Waals surface area contributed by atoms with Gasteiger partial charge in [-0.05, 0) is 134 Å². The predicted octanol–water partition coefficient (Wildman–Crippen LogP) is 10.0. The smallest absolute Gasteiger partial charge is 0.264 e. The topological polar surface area (TPSA) is 207 Å². The molecule has 0 fully saturated rings. The zero-order chi connectivity index (χ0) is 53.2. The van der Waals surface area contributed by atoms with E-state index in [-0.39, 0.29) is 43.3 Å². The Morgan fingerprint density at radius 3 is 2.05 bits per heavy atom. The van der Waals surface area contributed by atoms with E-state index in [0.717, 1.165) is 81.3 Å². The standard InChI is InChI=1S/C57H63N5O9S3/c1-39(60(32-9-11-35-73(66,67)68)52-27-21-43-13-5-7-15-50(43)41(52)3)17-19-45-37-47(57(65)59-31-34-62-54(63)29-30-55(62)64)38-46(56(45)72-49-25-23-48(58)24-26-49)20-18-40(2)61(33-10-12-36-74(69,70)71)53-28-22-44-14-6-8-16-51(44)42(53)4/h5-8,13-30,47H,9-12,31-38,58H2,1-4H3,(H2-,59,65,66,67,68,69,70,71)/p+1. The molecule has 5 aromatic carbocycles. The molecule has 0 saturated carbocycles. The molecule has 0 bridgehead atoms. The number of carbonyl (C=O) groups excluding carboxylic acids is 3. The molecule has 0 aromatic heterocycles. The van der Waals surface area contributed by atoms with Gasteiger partial charge in [0.25, 0.3) is 32.1 Å². The van der Waals surface area contributed by atoms with Crippen LogP contribution < -0.4 is 16.0 Å². The summed E-state index contributed by atoms with van der Waals surface area (Å²) < 4.78 is 68.1. The summed E-state index contributed by atoms with van der Waals surface area (Å²) in [5.41, 5.74) is 14.2. The third-order valence-electron chi connectivity index (χ3n) is 13.4. The first-order valence-corrected chi connectivity index (χ1v) is 28.7. The van der Waals surface area contributed by atoms with E-state index in [1.54, 1.807) is 11.8 Å². The molecular weight excluding hydrogens is 995 g/mol. The average molecular weight is 1060 g/mol. The Hall–Kier alpha value is -6.63. The number of aryl methyl sites for hydroxylation is 2. The Balaban J connectivity index is 1.34. The summed E-state index contributed by atoms with van der Waals surface area (Å²) in [5.74, 6) is -2.38. The number of nitrogens with two attached hydrogens (primary N) is 1. The van der Waals surface area contributed by atoms with Crippen LogP contribution in [0.2, 0.25) is 0 Å². The highest BCUT2D eigenvalue weighted by atomic mass is 32.2. The van der Waals surface area contributed by atoms with Crippen molar-refractivity contribution in [3.8, 4) is 0 Å². The highest BCUT2D eigenvalue weighted by Crippen LogP contribution is 2.44. The number of amides is 3. The number of anilines is 2. The van der Waals surface area contributed by atoms with Crippen LogP contribution >= 0.6 is 11.8 Å². The molecule has 0 radical (unpaired) electrons. The number of imide groups is 1. The summed E-state index contributed by atoms with van der Waals surface area (Å²) in [4.78, 5) is 44.1. The first-order valence-electron chi connectivity index (χ1n) is 24.7. The molecule has 1 atom stereocenters. The number of nitrogens with one attached hydrogen (secondary N) is 1. The van der Waals surface area contributed by atoms with Crippen LogP contribution in [0.25, 0.3) is 21.5 Å². The summed E-state index contributed by atoms with van der Waals surface area (Å²) in [6.07, 6.45) is 12.7. The molecule has 7 rings (SSSR count). The largest absolute Gasteiger partial charge is 0.399 e. The van der Waals surface area contributed by atoms with Crippen LogP contribution in [-0.4, -0.2) is 96.5 Å². The molecule has 0 spiro atoms. The van der Waals surface area contributed by atoms with Gasteiger partial charge < -0.3 is 16.0 Å². The first kappa shape index (κ1) is 55.1. The number of hydrogen-bond acceptors (Lipinski definition) is 10. The molecule has 5 aromatic rings. The fourth-order valence-corrected chi connectivity index (χ4v) is 11.7. The number of rotatable bonds is 22. The van der Waals surface area contributed by atoms with Crippen molar-refractivity contribution < 1.29 is 44.9 Å². The number of thioether (sulfide) groups is 1. The van der Waals surface area contributed by atoms with Crippen molar-refractivity contribution in [2.24, 2.45) is 5.92 Å². The van der Waals surface area contributed by atoms with E-state index in [1.165, 1.54) is 12.2 Å². The van der Waals surface area contributed by atoms with Crippen molar-refractivity contribution in [3.63, 3.8) is 0 Å².